The molecule has 136 valence electrons. The van der Waals surface area contributed by atoms with Crippen molar-refractivity contribution in [2.45, 2.75) is 77.2 Å². The number of esters is 1. The summed E-state index contributed by atoms with van der Waals surface area (Å²) in [5.74, 6) is 4.19. The summed E-state index contributed by atoms with van der Waals surface area (Å²) in [7, 11) is 1.53. The Labute approximate surface area is 147 Å². The lowest BCUT2D eigenvalue weighted by molar-refractivity contribution is -0.154. The van der Waals surface area contributed by atoms with Crippen LogP contribution in [0.25, 0.3) is 0 Å². The number of methoxy groups -OCH3 is 1. The minimum atomic E-state index is -0.150. The number of hydrogen-bond donors (Lipinski definition) is 1. The first-order chi connectivity index (χ1) is 11.4. The van der Waals surface area contributed by atoms with Crippen molar-refractivity contribution < 1.29 is 9.53 Å². The van der Waals surface area contributed by atoms with Crippen molar-refractivity contribution in [3.8, 4) is 0 Å². The number of fused-ring (bicyclic) bond motifs is 5. The molecule has 2 N–H and O–H groups in total. The van der Waals surface area contributed by atoms with Crippen molar-refractivity contribution in [2.75, 3.05) is 7.11 Å². The van der Waals surface area contributed by atoms with Crippen molar-refractivity contribution in [2.24, 2.45) is 46.7 Å². The zero-order valence-electron chi connectivity index (χ0n) is 15.7. The molecule has 0 aromatic rings. The van der Waals surface area contributed by atoms with Gasteiger partial charge in [-0.05, 0) is 86.4 Å². The summed E-state index contributed by atoms with van der Waals surface area (Å²) >= 11 is 0. The second-order valence-electron chi connectivity index (χ2n) is 9.80. The molecule has 4 saturated carbocycles. The van der Waals surface area contributed by atoms with Crippen LogP contribution in [0.1, 0.15) is 71.6 Å². The highest BCUT2D eigenvalue weighted by Gasteiger charge is 2.65. The Balaban J connectivity index is 1.61. The number of carbonyl (C=O) groups excluding carboxylic acids is 1. The van der Waals surface area contributed by atoms with Crippen LogP contribution in [-0.4, -0.2) is 18.6 Å². The van der Waals surface area contributed by atoms with E-state index in [4.69, 9.17) is 10.5 Å². The second-order valence-corrected chi connectivity index (χ2v) is 9.80. The summed E-state index contributed by atoms with van der Waals surface area (Å²) in [6.07, 6.45) is 11.3. The minimum absolute atomic E-state index is 0.0116. The van der Waals surface area contributed by atoms with Crippen molar-refractivity contribution >= 4 is 5.97 Å². The van der Waals surface area contributed by atoms with Crippen LogP contribution in [0.5, 0.6) is 0 Å². The number of nitrogens with two attached hydrogens (primary N) is 1. The van der Waals surface area contributed by atoms with Gasteiger partial charge in [-0.15, -0.1) is 0 Å². The number of ether oxygens (including phenoxy) is 1. The number of hydrogen-bond acceptors (Lipinski definition) is 3. The quantitative estimate of drug-likeness (QED) is 0.734. The molecule has 0 radical (unpaired) electrons. The SMILES string of the molecule is COC(=O)[C@H]1CC[C@]2(N)[C@@H]3CC[C@@H]4C[C@@H](C)CCC4[C@H]3CC[C@]12C. The Hall–Kier alpha value is -0.570. The largest absolute Gasteiger partial charge is 0.469 e. The first kappa shape index (κ1) is 16.9. The maximum Gasteiger partial charge on any atom is 0.309 e. The van der Waals surface area contributed by atoms with Gasteiger partial charge in [0.1, 0.15) is 0 Å². The summed E-state index contributed by atoms with van der Waals surface area (Å²) in [5.41, 5.74) is 6.97. The molecule has 0 heterocycles. The van der Waals surface area contributed by atoms with Crippen LogP contribution < -0.4 is 5.73 Å². The molecule has 4 aliphatic carbocycles. The zero-order valence-corrected chi connectivity index (χ0v) is 15.7. The summed E-state index contributed by atoms with van der Waals surface area (Å²) < 4.78 is 5.13. The molecule has 0 aromatic carbocycles. The molecule has 0 aromatic heterocycles. The Morgan fingerprint density at radius 3 is 2.58 bits per heavy atom. The highest BCUT2D eigenvalue weighted by atomic mass is 16.5. The molecule has 0 amide bonds. The Morgan fingerprint density at radius 1 is 1.04 bits per heavy atom. The molecule has 4 aliphatic rings. The first-order valence-electron chi connectivity index (χ1n) is 10.3. The van der Waals surface area contributed by atoms with Crippen LogP contribution in [0, 0.1) is 40.9 Å². The van der Waals surface area contributed by atoms with E-state index in [0.717, 1.165) is 42.9 Å². The molecule has 0 spiro atoms. The number of rotatable bonds is 1. The van der Waals surface area contributed by atoms with Crippen molar-refractivity contribution in [1.82, 2.24) is 0 Å². The molecule has 4 fully saturated rings. The fourth-order valence-corrected chi connectivity index (χ4v) is 7.69. The van der Waals surface area contributed by atoms with E-state index in [1.165, 1.54) is 45.6 Å². The molecule has 4 rings (SSSR count). The maximum atomic E-state index is 12.4. The molecule has 0 bridgehead atoms. The minimum Gasteiger partial charge on any atom is -0.469 e. The monoisotopic (exact) mass is 333 g/mol. The molecule has 24 heavy (non-hydrogen) atoms. The fourth-order valence-electron chi connectivity index (χ4n) is 7.69. The van der Waals surface area contributed by atoms with Gasteiger partial charge in [-0.1, -0.05) is 20.3 Å². The molecule has 0 saturated heterocycles. The van der Waals surface area contributed by atoms with Crippen LogP contribution in [0.3, 0.4) is 0 Å². The van der Waals surface area contributed by atoms with E-state index in [-0.39, 0.29) is 22.8 Å². The topological polar surface area (TPSA) is 52.3 Å². The van der Waals surface area contributed by atoms with E-state index < -0.39 is 0 Å². The Morgan fingerprint density at radius 2 is 1.83 bits per heavy atom. The zero-order chi connectivity index (χ0) is 17.1. The number of carbonyl (C=O) groups is 1. The lowest BCUT2D eigenvalue weighted by Crippen LogP contribution is -2.65. The molecule has 1 unspecified atom stereocenters. The summed E-state index contributed by atoms with van der Waals surface area (Å²) in [6.45, 7) is 4.73. The molecule has 3 heteroatoms. The third kappa shape index (κ3) is 2.15. The average molecular weight is 334 g/mol. The normalized spacial score (nSPS) is 53.7. The van der Waals surface area contributed by atoms with Gasteiger partial charge in [0.2, 0.25) is 0 Å². The molecule has 3 nitrogen and oxygen atoms in total. The van der Waals surface area contributed by atoms with Gasteiger partial charge in [-0.25, -0.2) is 0 Å². The van der Waals surface area contributed by atoms with Crippen molar-refractivity contribution in [3.63, 3.8) is 0 Å². The molecular formula is C21H35NO2. The van der Waals surface area contributed by atoms with Gasteiger partial charge < -0.3 is 10.5 Å². The van der Waals surface area contributed by atoms with Crippen LogP contribution >= 0.6 is 0 Å². The van der Waals surface area contributed by atoms with Gasteiger partial charge in [-0.2, -0.15) is 0 Å². The van der Waals surface area contributed by atoms with E-state index in [2.05, 4.69) is 13.8 Å². The summed E-state index contributed by atoms with van der Waals surface area (Å²) in [4.78, 5) is 12.4. The third-order valence-electron chi connectivity index (χ3n) is 9.04. The maximum absolute atomic E-state index is 12.4. The van der Waals surface area contributed by atoms with Gasteiger partial charge in [-0.3, -0.25) is 4.79 Å². The predicted molar refractivity (Wildman–Crippen MR) is 95.2 cm³/mol. The Bertz CT molecular complexity index is 520. The van der Waals surface area contributed by atoms with Crippen LogP contribution in [0.2, 0.25) is 0 Å². The standard InChI is InChI=1S/C21H35NO2/c1-13-4-6-15-14(12-13)5-7-17-16(15)8-10-20(2)18(19(23)24-3)9-11-21(17,20)22/h13-18H,4-12,22H2,1-3H3/t13-,14+,15?,16+,17+,18+,20+,21-/m0/s1. The van der Waals surface area contributed by atoms with Gasteiger partial charge in [0.25, 0.3) is 0 Å². The van der Waals surface area contributed by atoms with Crippen LogP contribution in [-0.2, 0) is 9.53 Å². The Kier molecular flexibility index (Phi) is 4.02. The summed E-state index contributed by atoms with van der Waals surface area (Å²) in [5, 5.41) is 0. The average Bonchev–Trinajstić information content (AvgIpc) is 2.85. The smallest absolute Gasteiger partial charge is 0.309 e. The van der Waals surface area contributed by atoms with Crippen LogP contribution in [0.15, 0.2) is 0 Å². The molecule has 8 atom stereocenters. The van der Waals surface area contributed by atoms with E-state index in [0.29, 0.717) is 5.92 Å². The second kappa shape index (κ2) is 5.72. The first-order valence-corrected chi connectivity index (χ1v) is 10.3. The van der Waals surface area contributed by atoms with E-state index >= 15 is 0 Å². The predicted octanol–water partition coefficient (Wildman–Crippen LogP) is 4.15. The van der Waals surface area contributed by atoms with Gasteiger partial charge >= 0.3 is 5.97 Å². The summed E-state index contributed by atoms with van der Waals surface area (Å²) in [6, 6.07) is 0. The van der Waals surface area contributed by atoms with Crippen molar-refractivity contribution in [1.29, 1.82) is 0 Å². The van der Waals surface area contributed by atoms with Gasteiger partial charge in [0.15, 0.2) is 0 Å². The highest BCUT2D eigenvalue weighted by Crippen LogP contribution is 2.65. The van der Waals surface area contributed by atoms with E-state index in [9.17, 15) is 4.79 Å². The lowest BCUT2D eigenvalue weighted by atomic mass is 9.46. The highest BCUT2D eigenvalue weighted by molar-refractivity contribution is 5.74. The van der Waals surface area contributed by atoms with Crippen LogP contribution in [0.4, 0.5) is 0 Å². The third-order valence-corrected chi connectivity index (χ3v) is 9.04. The lowest BCUT2D eigenvalue weighted by Gasteiger charge is -2.60. The molecule has 0 aliphatic heterocycles. The fraction of sp³-hybridized carbons (Fsp3) is 0.952. The van der Waals surface area contributed by atoms with Crippen molar-refractivity contribution in [3.05, 3.63) is 0 Å². The molecular weight excluding hydrogens is 298 g/mol. The van der Waals surface area contributed by atoms with E-state index in [1.54, 1.807) is 0 Å². The van der Waals surface area contributed by atoms with E-state index in [1.807, 2.05) is 0 Å². The van der Waals surface area contributed by atoms with Gasteiger partial charge in [0.05, 0.1) is 13.0 Å². The van der Waals surface area contributed by atoms with Gasteiger partial charge in [0, 0.05) is 5.54 Å².